The Morgan fingerprint density at radius 1 is 1.33 bits per heavy atom. The Labute approximate surface area is 110 Å². The number of benzene rings is 1. The zero-order valence-electron chi connectivity index (χ0n) is 11.5. The summed E-state index contributed by atoms with van der Waals surface area (Å²) in [6.07, 6.45) is 5.19. The van der Waals surface area contributed by atoms with Gasteiger partial charge in [-0.1, -0.05) is 39.2 Å². The number of fused-ring (bicyclic) bond motifs is 1. The van der Waals surface area contributed by atoms with Gasteiger partial charge in [0.2, 0.25) is 0 Å². The number of hydrogen-bond acceptors (Lipinski definition) is 2. The number of unbranched alkanes of at least 4 members (excludes halogenated alkanes) is 1. The SMILES string of the molecule is CCCCC(CC)C(O)c1ccc2c(c1)CCO2. The predicted octanol–water partition coefficient (Wildman–Crippen LogP) is 3.87. The number of aliphatic hydroxyl groups is 1. The van der Waals surface area contributed by atoms with Crippen LogP contribution in [0.4, 0.5) is 0 Å². The zero-order valence-corrected chi connectivity index (χ0v) is 11.5. The maximum atomic E-state index is 10.5. The molecule has 0 spiro atoms. The summed E-state index contributed by atoms with van der Waals surface area (Å²) >= 11 is 0. The number of aliphatic hydroxyl groups excluding tert-OH is 1. The van der Waals surface area contributed by atoms with Crippen LogP contribution in [-0.4, -0.2) is 11.7 Å². The summed E-state index contributed by atoms with van der Waals surface area (Å²) in [5.74, 6) is 1.37. The van der Waals surface area contributed by atoms with Crippen molar-refractivity contribution in [2.45, 2.75) is 52.1 Å². The molecule has 0 aliphatic carbocycles. The lowest BCUT2D eigenvalue weighted by atomic mass is 9.88. The Balaban J connectivity index is 2.09. The lowest BCUT2D eigenvalue weighted by Gasteiger charge is -2.22. The highest BCUT2D eigenvalue weighted by Crippen LogP contribution is 2.33. The Morgan fingerprint density at radius 2 is 2.17 bits per heavy atom. The second-order valence-corrected chi connectivity index (χ2v) is 5.22. The minimum atomic E-state index is -0.326. The molecule has 2 rings (SSSR count). The maximum Gasteiger partial charge on any atom is 0.122 e. The largest absolute Gasteiger partial charge is 0.493 e. The molecule has 0 fully saturated rings. The normalized spacial score (nSPS) is 17.1. The molecule has 2 atom stereocenters. The van der Waals surface area contributed by atoms with Gasteiger partial charge in [-0.05, 0) is 35.6 Å². The van der Waals surface area contributed by atoms with E-state index >= 15 is 0 Å². The monoisotopic (exact) mass is 248 g/mol. The molecule has 1 aromatic rings. The van der Waals surface area contributed by atoms with Gasteiger partial charge in [-0.2, -0.15) is 0 Å². The molecule has 0 bridgehead atoms. The Kier molecular flexibility index (Phi) is 4.65. The summed E-state index contributed by atoms with van der Waals surface area (Å²) < 4.78 is 5.50. The van der Waals surface area contributed by atoms with E-state index in [9.17, 15) is 5.11 Å². The van der Waals surface area contributed by atoms with Crippen LogP contribution >= 0.6 is 0 Å². The van der Waals surface area contributed by atoms with Crippen molar-refractivity contribution in [3.05, 3.63) is 29.3 Å². The third kappa shape index (κ3) is 2.86. The molecule has 1 aliphatic heterocycles. The van der Waals surface area contributed by atoms with Gasteiger partial charge in [-0.3, -0.25) is 0 Å². The summed E-state index contributed by atoms with van der Waals surface area (Å²) in [7, 11) is 0. The first kappa shape index (κ1) is 13.4. The molecule has 0 aromatic heterocycles. The molecule has 1 N–H and O–H groups in total. The van der Waals surface area contributed by atoms with Crippen LogP contribution in [0.1, 0.15) is 56.8 Å². The van der Waals surface area contributed by atoms with Crippen molar-refractivity contribution < 1.29 is 9.84 Å². The van der Waals surface area contributed by atoms with Gasteiger partial charge in [0.05, 0.1) is 12.7 Å². The van der Waals surface area contributed by atoms with Crippen LogP contribution in [0.15, 0.2) is 18.2 Å². The van der Waals surface area contributed by atoms with Gasteiger partial charge in [-0.25, -0.2) is 0 Å². The fourth-order valence-corrected chi connectivity index (χ4v) is 2.71. The quantitative estimate of drug-likeness (QED) is 0.828. The molecule has 0 saturated heterocycles. The standard InChI is InChI=1S/C16H24O2/c1-3-5-6-12(4-2)16(17)14-7-8-15-13(11-14)9-10-18-15/h7-8,11-12,16-17H,3-6,9-10H2,1-2H3. The zero-order chi connectivity index (χ0) is 13.0. The number of hydrogen-bond donors (Lipinski definition) is 1. The van der Waals surface area contributed by atoms with E-state index in [1.165, 1.54) is 18.4 Å². The van der Waals surface area contributed by atoms with E-state index in [0.717, 1.165) is 37.2 Å². The topological polar surface area (TPSA) is 29.5 Å². The lowest BCUT2D eigenvalue weighted by molar-refractivity contribution is 0.0988. The molecular formula is C16H24O2. The van der Waals surface area contributed by atoms with Gasteiger partial charge >= 0.3 is 0 Å². The summed E-state index contributed by atoms with van der Waals surface area (Å²) in [5, 5.41) is 10.5. The van der Waals surface area contributed by atoms with Crippen LogP contribution in [0.5, 0.6) is 5.75 Å². The molecule has 0 saturated carbocycles. The van der Waals surface area contributed by atoms with E-state index < -0.39 is 0 Å². The molecule has 1 aromatic carbocycles. The fourth-order valence-electron chi connectivity index (χ4n) is 2.71. The van der Waals surface area contributed by atoms with Gasteiger partial charge in [0.25, 0.3) is 0 Å². The van der Waals surface area contributed by atoms with Crippen LogP contribution in [0.3, 0.4) is 0 Å². The fraction of sp³-hybridized carbons (Fsp3) is 0.625. The van der Waals surface area contributed by atoms with Crippen molar-refractivity contribution >= 4 is 0 Å². The minimum absolute atomic E-state index is 0.326. The van der Waals surface area contributed by atoms with Gasteiger partial charge in [0, 0.05) is 6.42 Å². The summed E-state index contributed by atoms with van der Waals surface area (Å²) in [6, 6.07) is 6.15. The molecular weight excluding hydrogens is 224 g/mol. The second-order valence-electron chi connectivity index (χ2n) is 5.22. The lowest BCUT2D eigenvalue weighted by Crippen LogP contribution is -2.12. The third-order valence-corrected chi connectivity index (χ3v) is 3.95. The molecule has 1 heterocycles. The summed E-state index contributed by atoms with van der Waals surface area (Å²) in [4.78, 5) is 0. The smallest absolute Gasteiger partial charge is 0.122 e. The van der Waals surface area contributed by atoms with E-state index in [-0.39, 0.29) is 6.10 Å². The van der Waals surface area contributed by atoms with Crippen LogP contribution < -0.4 is 4.74 Å². The Hall–Kier alpha value is -1.02. The van der Waals surface area contributed by atoms with Crippen molar-refractivity contribution in [2.75, 3.05) is 6.61 Å². The van der Waals surface area contributed by atoms with Gasteiger partial charge in [0.15, 0.2) is 0 Å². The molecule has 100 valence electrons. The Morgan fingerprint density at radius 3 is 2.89 bits per heavy atom. The van der Waals surface area contributed by atoms with Crippen LogP contribution in [0.2, 0.25) is 0 Å². The molecule has 2 unspecified atom stereocenters. The van der Waals surface area contributed by atoms with Gasteiger partial charge in [0.1, 0.15) is 5.75 Å². The van der Waals surface area contributed by atoms with Crippen LogP contribution in [0, 0.1) is 5.92 Å². The molecule has 0 amide bonds. The van der Waals surface area contributed by atoms with Crippen molar-refractivity contribution in [3.63, 3.8) is 0 Å². The van der Waals surface area contributed by atoms with Crippen LogP contribution in [-0.2, 0) is 6.42 Å². The summed E-state index contributed by atoms with van der Waals surface area (Å²) in [6.45, 7) is 5.15. The van der Waals surface area contributed by atoms with E-state index in [0.29, 0.717) is 5.92 Å². The van der Waals surface area contributed by atoms with E-state index in [1.807, 2.05) is 12.1 Å². The molecule has 2 nitrogen and oxygen atoms in total. The first-order chi connectivity index (χ1) is 8.76. The first-order valence-corrected chi connectivity index (χ1v) is 7.20. The number of ether oxygens (including phenoxy) is 1. The predicted molar refractivity (Wildman–Crippen MR) is 73.9 cm³/mol. The average molecular weight is 248 g/mol. The van der Waals surface area contributed by atoms with Gasteiger partial charge < -0.3 is 9.84 Å². The van der Waals surface area contributed by atoms with Crippen molar-refractivity contribution in [1.82, 2.24) is 0 Å². The molecule has 0 radical (unpaired) electrons. The van der Waals surface area contributed by atoms with Crippen molar-refractivity contribution in [1.29, 1.82) is 0 Å². The van der Waals surface area contributed by atoms with E-state index in [2.05, 4.69) is 19.9 Å². The Bertz CT molecular complexity index is 387. The van der Waals surface area contributed by atoms with Crippen molar-refractivity contribution in [3.8, 4) is 5.75 Å². The first-order valence-electron chi connectivity index (χ1n) is 7.20. The second kappa shape index (κ2) is 6.24. The highest BCUT2D eigenvalue weighted by atomic mass is 16.5. The third-order valence-electron chi connectivity index (χ3n) is 3.95. The van der Waals surface area contributed by atoms with Crippen LogP contribution in [0.25, 0.3) is 0 Å². The highest BCUT2D eigenvalue weighted by Gasteiger charge is 2.21. The molecule has 18 heavy (non-hydrogen) atoms. The van der Waals surface area contributed by atoms with E-state index in [4.69, 9.17) is 4.74 Å². The molecule has 1 aliphatic rings. The summed E-state index contributed by atoms with van der Waals surface area (Å²) in [5.41, 5.74) is 2.30. The van der Waals surface area contributed by atoms with Gasteiger partial charge in [-0.15, -0.1) is 0 Å². The molecule has 2 heteroatoms. The van der Waals surface area contributed by atoms with E-state index in [1.54, 1.807) is 0 Å². The highest BCUT2D eigenvalue weighted by molar-refractivity contribution is 5.40. The average Bonchev–Trinajstić information content (AvgIpc) is 2.86. The minimum Gasteiger partial charge on any atom is -0.493 e. The number of rotatable bonds is 6. The van der Waals surface area contributed by atoms with Crippen molar-refractivity contribution in [2.24, 2.45) is 5.92 Å². The maximum absolute atomic E-state index is 10.5.